The molecule has 15 heteroatoms. The fourth-order valence-corrected chi connectivity index (χ4v) is 4.90. The number of imidazole rings is 1. The number of carbonyl (C=O) groups excluding carboxylic acids is 4. The van der Waals surface area contributed by atoms with Gasteiger partial charge in [-0.3, -0.25) is 19.2 Å². The van der Waals surface area contributed by atoms with Crippen molar-refractivity contribution in [1.82, 2.24) is 30.9 Å². The van der Waals surface area contributed by atoms with Crippen LogP contribution in [-0.2, 0) is 43.2 Å². The molecule has 0 aliphatic carbocycles. The number of aliphatic carboxylic acids is 1. The number of aromatic hydroxyl groups is 1. The first kappa shape index (κ1) is 33.2. The first-order chi connectivity index (χ1) is 22.0. The number of primary amides is 1. The van der Waals surface area contributed by atoms with E-state index < -0.39 is 53.8 Å². The Labute approximate surface area is 263 Å². The van der Waals surface area contributed by atoms with Crippen molar-refractivity contribution in [3.8, 4) is 5.75 Å². The normalized spacial score (nSPS) is 13.7. The lowest BCUT2D eigenvalue weighted by molar-refractivity contribution is -0.142. The van der Waals surface area contributed by atoms with E-state index in [9.17, 15) is 34.2 Å². The zero-order chi connectivity index (χ0) is 33.2. The van der Waals surface area contributed by atoms with Gasteiger partial charge in [-0.2, -0.15) is 0 Å². The number of H-pyrrole nitrogens is 2. The summed E-state index contributed by atoms with van der Waals surface area (Å²) in [4.78, 5) is 73.6. The summed E-state index contributed by atoms with van der Waals surface area (Å²) in [7, 11) is 0. The number of para-hydroxylation sites is 1. The van der Waals surface area contributed by atoms with E-state index >= 15 is 0 Å². The number of benzene rings is 2. The highest BCUT2D eigenvalue weighted by Crippen LogP contribution is 2.19. The molecule has 0 saturated carbocycles. The zero-order valence-corrected chi connectivity index (χ0v) is 24.7. The highest BCUT2D eigenvalue weighted by Gasteiger charge is 2.31. The van der Waals surface area contributed by atoms with Crippen LogP contribution in [0.2, 0.25) is 0 Å². The number of nitrogens with zero attached hydrogens (tertiary/aromatic N) is 1. The Morgan fingerprint density at radius 1 is 0.826 bits per heavy atom. The molecule has 4 rings (SSSR count). The number of hydrogen-bond donors (Lipinski definition) is 9. The molecule has 0 aliphatic rings. The third-order valence-electron chi connectivity index (χ3n) is 7.37. The first-order valence-corrected chi connectivity index (χ1v) is 14.5. The van der Waals surface area contributed by atoms with Crippen LogP contribution >= 0.6 is 0 Å². The molecule has 0 fully saturated rings. The molecule has 4 atom stereocenters. The maximum Gasteiger partial charge on any atom is 0.326 e. The smallest absolute Gasteiger partial charge is 0.326 e. The van der Waals surface area contributed by atoms with E-state index in [0.717, 1.165) is 10.9 Å². The third-order valence-corrected chi connectivity index (χ3v) is 7.37. The van der Waals surface area contributed by atoms with Gasteiger partial charge in [-0.1, -0.05) is 30.3 Å². The number of fused-ring (bicyclic) bond motifs is 1. The van der Waals surface area contributed by atoms with Crippen LogP contribution in [0.4, 0.5) is 0 Å². The minimum absolute atomic E-state index is 0.0357. The summed E-state index contributed by atoms with van der Waals surface area (Å²) in [6.45, 7) is 0. The summed E-state index contributed by atoms with van der Waals surface area (Å²) in [6, 6.07) is 8.41. The molecular weight excluding hydrogens is 596 g/mol. The monoisotopic (exact) mass is 632 g/mol. The molecule has 2 heterocycles. The van der Waals surface area contributed by atoms with Crippen molar-refractivity contribution in [3.63, 3.8) is 0 Å². The number of carboxylic acid groups (broad SMARTS) is 1. The number of nitrogens with two attached hydrogens (primary N) is 2. The lowest BCUT2D eigenvalue weighted by atomic mass is 10.0. The summed E-state index contributed by atoms with van der Waals surface area (Å²) in [5.74, 6) is -4.25. The second-order valence-corrected chi connectivity index (χ2v) is 10.8. The van der Waals surface area contributed by atoms with Gasteiger partial charge in [0.15, 0.2) is 0 Å². The number of aromatic amines is 2. The molecule has 4 amide bonds. The number of carbonyl (C=O) groups is 5. The van der Waals surface area contributed by atoms with Gasteiger partial charge >= 0.3 is 5.97 Å². The zero-order valence-electron chi connectivity index (χ0n) is 24.7. The molecule has 2 aromatic heterocycles. The first-order valence-electron chi connectivity index (χ1n) is 14.5. The fourth-order valence-electron chi connectivity index (χ4n) is 4.90. The van der Waals surface area contributed by atoms with Crippen molar-refractivity contribution in [1.29, 1.82) is 0 Å². The SMILES string of the molecule is NC(=O)CCC(NC(=O)C(N)Cc1ccc(O)cc1)C(=O)NC(Cc1cnc[nH]1)C(=O)NC(Cc1c[nH]c2ccccc12)C(=O)O. The number of aromatic nitrogens is 3. The van der Waals surface area contributed by atoms with E-state index in [0.29, 0.717) is 16.8 Å². The van der Waals surface area contributed by atoms with E-state index in [4.69, 9.17) is 11.5 Å². The van der Waals surface area contributed by atoms with E-state index in [-0.39, 0.29) is 37.9 Å². The Morgan fingerprint density at radius 3 is 2.17 bits per heavy atom. The third kappa shape index (κ3) is 9.15. The Kier molecular flexibility index (Phi) is 11.1. The fraction of sp³-hybridized carbons (Fsp3) is 0.290. The summed E-state index contributed by atoms with van der Waals surface area (Å²) in [6.07, 6.45) is 4.03. The molecule has 0 spiro atoms. The number of carboxylic acids is 1. The average molecular weight is 633 g/mol. The van der Waals surface area contributed by atoms with Crippen LogP contribution in [0.25, 0.3) is 10.9 Å². The van der Waals surface area contributed by atoms with Gasteiger partial charge in [0.1, 0.15) is 23.9 Å². The predicted molar refractivity (Wildman–Crippen MR) is 166 cm³/mol. The molecule has 0 saturated heterocycles. The molecular formula is C31H36N8O7. The Hall–Kier alpha value is -5.70. The number of phenols is 1. The largest absolute Gasteiger partial charge is 0.508 e. The van der Waals surface area contributed by atoms with Crippen molar-refractivity contribution in [3.05, 3.63) is 84.1 Å². The Balaban J connectivity index is 1.49. The second kappa shape index (κ2) is 15.3. The summed E-state index contributed by atoms with van der Waals surface area (Å²) >= 11 is 0. The van der Waals surface area contributed by atoms with Crippen molar-refractivity contribution < 1.29 is 34.2 Å². The van der Waals surface area contributed by atoms with Crippen LogP contribution in [0.5, 0.6) is 5.75 Å². The molecule has 0 radical (unpaired) electrons. The minimum Gasteiger partial charge on any atom is -0.508 e. The number of rotatable bonds is 16. The van der Waals surface area contributed by atoms with Gasteiger partial charge in [-0.15, -0.1) is 0 Å². The van der Waals surface area contributed by atoms with Crippen LogP contribution in [0.1, 0.15) is 29.7 Å². The van der Waals surface area contributed by atoms with Gasteiger partial charge in [0.25, 0.3) is 0 Å². The number of nitrogens with one attached hydrogen (secondary N) is 5. The molecule has 15 nitrogen and oxygen atoms in total. The van der Waals surface area contributed by atoms with Gasteiger partial charge in [-0.05, 0) is 42.2 Å². The Morgan fingerprint density at radius 2 is 1.50 bits per heavy atom. The van der Waals surface area contributed by atoms with Gasteiger partial charge < -0.3 is 47.6 Å². The molecule has 0 bridgehead atoms. The lowest BCUT2D eigenvalue weighted by Crippen LogP contribution is -2.58. The summed E-state index contributed by atoms with van der Waals surface area (Å²) in [5.41, 5.74) is 14.0. The molecule has 4 unspecified atom stereocenters. The van der Waals surface area contributed by atoms with Crippen LogP contribution < -0.4 is 27.4 Å². The van der Waals surface area contributed by atoms with E-state index in [2.05, 4.69) is 30.9 Å². The predicted octanol–water partition coefficient (Wildman–Crippen LogP) is -0.244. The van der Waals surface area contributed by atoms with Crippen molar-refractivity contribution in [2.45, 2.75) is 56.3 Å². The molecule has 2 aromatic carbocycles. The summed E-state index contributed by atoms with van der Waals surface area (Å²) < 4.78 is 0. The van der Waals surface area contributed by atoms with Crippen LogP contribution in [-0.4, -0.2) is 78.9 Å². The van der Waals surface area contributed by atoms with Crippen molar-refractivity contribution in [2.75, 3.05) is 0 Å². The van der Waals surface area contributed by atoms with Crippen LogP contribution in [0, 0.1) is 0 Å². The molecule has 0 aliphatic heterocycles. The highest BCUT2D eigenvalue weighted by atomic mass is 16.4. The topological polar surface area (TPSA) is 258 Å². The Bertz CT molecular complexity index is 1670. The lowest BCUT2D eigenvalue weighted by Gasteiger charge is -2.25. The second-order valence-electron chi connectivity index (χ2n) is 10.8. The highest BCUT2D eigenvalue weighted by molar-refractivity contribution is 5.95. The number of phenolic OH excluding ortho intramolecular Hbond substituents is 1. The molecule has 11 N–H and O–H groups in total. The maximum atomic E-state index is 13.5. The van der Waals surface area contributed by atoms with Crippen molar-refractivity contribution >= 4 is 40.5 Å². The van der Waals surface area contributed by atoms with Gasteiger partial charge in [0.05, 0.1) is 12.4 Å². The molecule has 242 valence electrons. The van der Waals surface area contributed by atoms with Gasteiger partial charge in [0, 0.05) is 48.3 Å². The molecule has 4 aromatic rings. The van der Waals surface area contributed by atoms with E-state index in [1.54, 1.807) is 18.3 Å². The molecule has 46 heavy (non-hydrogen) atoms. The quantitative estimate of drug-likeness (QED) is 0.0788. The average Bonchev–Trinajstić information content (AvgIpc) is 3.69. The van der Waals surface area contributed by atoms with E-state index in [1.807, 2.05) is 24.3 Å². The number of hydrogen-bond acceptors (Lipinski definition) is 8. The minimum atomic E-state index is -1.34. The van der Waals surface area contributed by atoms with Gasteiger partial charge in [-0.25, -0.2) is 9.78 Å². The van der Waals surface area contributed by atoms with Crippen LogP contribution in [0.15, 0.2) is 67.3 Å². The van der Waals surface area contributed by atoms with E-state index in [1.165, 1.54) is 24.7 Å². The standard InChI is InChI=1S/C31H36N8O7/c32-22(11-17-5-7-20(40)8-6-17)28(42)37-24(9-10-27(33)41)29(43)38-25(13-19-15-34-16-36-19)30(44)39-26(31(45)46)12-18-14-35-23-4-2-1-3-21(18)23/h1-8,14-16,22,24-26,35,40H,9-13,32H2,(H2,33,41)(H,34,36)(H,37,42)(H,38,43)(H,39,44)(H,45,46). The number of amides is 4. The van der Waals surface area contributed by atoms with Crippen LogP contribution in [0.3, 0.4) is 0 Å². The summed E-state index contributed by atoms with van der Waals surface area (Å²) in [5, 5.41) is 27.9. The van der Waals surface area contributed by atoms with Gasteiger partial charge in [0.2, 0.25) is 23.6 Å². The van der Waals surface area contributed by atoms with Crippen molar-refractivity contribution in [2.24, 2.45) is 11.5 Å². The maximum absolute atomic E-state index is 13.5.